The maximum Gasteiger partial charge on any atom is 0.305 e. The molecule has 4 amide bonds. The Bertz CT molecular complexity index is 2280. The maximum atomic E-state index is 15.3. The van der Waals surface area contributed by atoms with Crippen molar-refractivity contribution in [2.45, 2.75) is 139 Å². The van der Waals surface area contributed by atoms with Gasteiger partial charge in [-0.15, -0.1) is 0 Å². The van der Waals surface area contributed by atoms with Crippen LogP contribution in [-0.4, -0.2) is 206 Å². The van der Waals surface area contributed by atoms with Gasteiger partial charge in [-0.2, -0.15) is 12.6 Å². The van der Waals surface area contributed by atoms with Gasteiger partial charge in [-0.1, -0.05) is 83.8 Å². The van der Waals surface area contributed by atoms with Crippen molar-refractivity contribution in [3.8, 4) is 5.75 Å². The summed E-state index contributed by atoms with van der Waals surface area (Å²) in [5.41, 5.74) is 6.42. The molecule has 78 heavy (non-hydrogen) atoms. The van der Waals surface area contributed by atoms with Crippen LogP contribution < -0.4 is 43.0 Å². The molecule has 11 N–H and O–H groups in total. The Morgan fingerprint density at radius 2 is 1.42 bits per heavy atom. The first-order valence-electron chi connectivity index (χ1n) is 25.8. The van der Waals surface area contributed by atoms with Gasteiger partial charge in [0.05, 0.1) is 73.8 Å². The largest absolute Gasteiger partial charge is 0.508 e. The standard InChI is InChI=1S/C49H73N9O13S7/c1-5-71-42(64)13-12-30-45(66)46(67)31(15-28-8-10-29(60)11-9-28)53-34-20-74-73-19-25(2)38(61)17-51-48(69)43(27(4)59)57-36-22-76-78-24-41(55-30)56-33(18-72)39(62)23-77-75-21-35(34)54-32(16-40(50)63)49(70)58-14-6-7-37(58)47(68)52-26(3)44(36)65/h8-11,25-27,30-37,41,43,53-57,59-60,72H,5-7,12-24H2,1-4H3,(H2,50,63)(H,51,69)(H,52,68)/t25?,26-,27+,30?,31-,32-,33-,34?,35?,36?,37-,41?,43-/m0/s1. The lowest BCUT2D eigenvalue weighted by Crippen LogP contribution is -2.63. The number of ether oxygens (including phenoxy) is 1. The summed E-state index contributed by atoms with van der Waals surface area (Å²) in [6.45, 7) is 5.90. The minimum absolute atomic E-state index is 0.00566. The van der Waals surface area contributed by atoms with Crippen LogP contribution in [0.3, 0.4) is 0 Å². The van der Waals surface area contributed by atoms with E-state index in [2.05, 4.69) is 49.8 Å². The number of nitrogens with one attached hydrogen (secondary N) is 7. The monoisotopic (exact) mass is 1220 g/mol. The van der Waals surface area contributed by atoms with Gasteiger partial charge in [0.15, 0.2) is 17.3 Å². The van der Waals surface area contributed by atoms with Crippen molar-refractivity contribution >= 4 is 136 Å². The third kappa shape index (κ3) is 20.1. The third-order valence-corrected chi connectivity index (χ3v) is 21.2. The molecule has 6 rings (SSSR count). The van der Waals surface area contributed by atoms with Crippen molar-refractivity contribution in [3.05, 3.63) is 29.8 Å². The van der Waals surface area contributed by atoms with Crippen LogP contribution in [0, 0.1) is 5.92 Å². The lowest BCUT2D eigenvalue weighted by Gasteiger charge is -2.36. The van der Waals surface area contributed by atoms with E-state index >= 15 is 9.59 Å². The second-order valence-electron chi connectivity index (χ2n) is 19.4. The Labute approximate surface area is 483 Å². The lowest BCUT2D eigenvalue weighted by atomic mass is 9.93. The number of phenols is 1. The number of aliphatic hydroxyl groups excluding tert-OH is 1. The average molecular weight is 1220 g/mol. The molecule has 5 aliphatic heterocycles. The number of aliphatic hydroxyl groups is 1. The molecule has 434 valence electrons. The summed E-state index contributed by atoms with van der Waals surface area (Å²) < 4.78 is 5.23. The zero-order valence-electron chi connectivity index (χ0n) is 43.9. The number of hydrogen-bond donors (Lipinski definition) is 11. The number of nitrogens with zero attached hydrogens (tertiary/aromatic N) is 1. The lowest BCUT2D eigenvalue weighted by molar-refractivity contribution is -0.144. The number of carbonyl (C=O) groups excluding carboxylic acids is 10. The summed E-state index contributed by atoms with van der Waals surface area (Å²) in [6, 6.07) is -5.54. The number of rotatable bonds is 10. The second kappa shape index (κ2) is 33.1. The SMILES string of the molecule is CCOC(=O)CCC1NC2CSSCC3N[C@@H]([C@@H](C)O)C(=O)NCC(=O)C(C)CSSCC(N[C@@H](Cc4ccc(O)cc4)C(=O)C1=O)C(CSSCC(=O)[C@H](CS)N2)N[C@@H](CC(N)=O)C(=O)N1CCC[C@H]1C(=O)N[C@@H](C)C3=O. The second-order valence-corrected chi connectivity index (χ2v) is 27.4. The van der Waals surface area contributed by atoms with Crippen molar-refractivity contribution in [2.75, 3.05) is 60.0 Å². The summed E-state index contributed by atoms with van der Waals surface area (Å²) in [6.07, 6.45) is -2.82. The van der Waals surface area contributed by atoms with Crippen LogP contribution in [0.25, 0.3) is 0 Å². The fraction of sp³-hybridized carbons (Fsp3) is 0.673. The first kappa shape index (κ1) is 65.7. The van der Waals surface area contributed by atoms with E-state index in [-0.39, 0.29) is 96.4 Å². The van der Waals surface area contributed by atoms with Crippen LogP contribution in [0.15, 0.2) is 24.3 Å². The van der Waals surface area contributed by atoms with E-state index in [0.717, 1.165) is 10.8 Å². The molecule has 5 heterocycles. The highest BCUT2D eigenvalue weighted by molar-refractivity contribution is 8.77. The number of benzene rings is 1. The number of thiol groups is 1. The molecule has 5 saturated heterocycles. The molecule has 4 bridgehead atoms. The van der Waals surface area contributed by atoms with E-state index in [4.69, 9.17) is 10.5 Å². The molecule has 13 atom stereocenters. The van der Waals surface area contributed by atoms with E-state index < -0.39 is 139 Å². The fourth-order valence-electron chi connectivity index (χ4n) is 9.02. The summed E-state index contributed by atoms with van der Waals surface area (Å²) in [7, 11) is 7.48. The molecule has 1 aromatic carbocycles. The number of esters is 1. The van der Waals surface area contributed by atoms with Crippen LogP contribution >= 0.6 is 77.4 Å². The number of carbonyl (C=O) groups is 10. The molecule has 0 aliphatic carbocycles. The topological polar surface area (TPSA) is 334 Å². The Morgan fingerprint density at radius 1 is 0.795 bits per heavy atom. The van der Waals surface area contributed by atoms with Crippen molar-refractivity contribution < 1.29 is 62.9 Å². The van der Waals surface area contributed by atoms with Crippen LogP contribution in [0.1, 0.15) is 65.4 Å². The zero-order chi connectivity index (χ0) is 57.1. The molecule has 1 aromatic rings. The molecule has 0 spiro atoms. The van der Waals surface area contributed by atoms with Crippen molar-refractivity contribution in [1.82, 2.24) is 42.1 Å². The van der Waals surface area contributed by atoms with Gasteiger partial charge in [0.2, 0.25) is 35.2 Å². The Balaban J connectivity index is 1.77. The fourth-order valence-corrected chi connectivity index (χ4v) is 16.6. The normalized spacial score (nSPS) is 31.2. The molecular weight excluding hydrogens is 1150 g/mol. The number of phenolic OH excluding ortho intramolecular Hbond substituents is 1. The molecule has 22 nitrogen and oxygen atoms in total. The summed E-state index contributed by atoms with van der Waals surface area (Å²) in [5.74, 6) is -6.74. The van der Waals surface area contributed by atoms with Crippen LogP contribution in [-0.2, 0) is 59.1 Å². The number of Topliss-reactive ketones (excluding diaryl/α,β-unsaturated/α-hetero) is 5. The molecule has 6 unspecified atom stereocenters. The highest BCUT2D eigenvalue weighted by Crippen LogP contribution is 2.31. The van der Waals surface area contributed by atoms with Crippen molar-refractivity contribution in [1.29, 1.82) is 0 Å². The van der Waals surface area contributed by atoms with Gasteiger partial charge < -0.3 is 46.9 Å². The molecule has 5 fully saturated rings. The minimum Gasteiger partial charge on any atom is -0.508 e. The quantitative estimate of drug-likeness (QED) is 0.0634. The van der Waals surface area contributed by atoms with E-state index in [1.807, 2.05) is 0 Å². The molecule has 5 aliphatic rings. The van der Waals surface area contributed by atoms with Gasteiger partial charge in [0.1, 0.15) is 17.8 Å². The number of fused-ring (bicyclic) bond motifs is 14. The average Bonchev–Trinajstić information content (AvgIpc) is 3.92. The molecule has 29 heteroatoms. The number of nitrogens with two attached hydrogens (primary N) is 1. The van der Waals surface area contributed by atoms with Gasteiger partial charge in [-0.25, -0.2) is 0 Å². The third-order valence-electron chi connectivity index (χ3n) is 13.4. The van der Waals surface area contributed by atoms with E-state index in [9.17, 15) is 48.6 Å². The smallest absolute Gasteiger partial charge is 0.305 e. The highest BCUT2D eigenvalue weighted by atomic mass is 33.1. The predicted molar refractivity (Wildman–Crippen MR) is 311 cm³/mol. The zero-order valence-corrected chi connectivity index (χ0v) is 49.7. The number of amides is 4. The van der Waals surface area contributed by atoms with E-state index in [1.165, 1.54) is 84.8 Å². The first-order chi connectivity index (χ1) is 37.2. The first-order valence-corrected chi connectivity index (χ1v) is 33.9. The molecule has 0 saturated carbocycles. The van der Waals surface area contributed by atoms with Gasteiger partial charge in [0.25, 0.3) is 0 Å². The Morgan fingerprint density at radius 3 is 2.09 bits per heavy atom. The molecule has 0 radical (unpaired) electrons. The van der Waals surface area contributed by atoms with Gasteiger partial charge >= 0.3 is 5.97 Å². The summed E-state index contributed by atoms with van der Waals surface area (Å²) in [4.78, 5) is 143. The van der Waals surface area contributed by atoms with Gasteiger partial charge in [-0.3, -0.25) is 63.9 Å². The van der Waals surface area contributed by atoms with Crippen molar-refractivity contribution in [3.63, 3.8) is 0 Å². The minimum atomic E-state index is -1.42. The number of primary amides is 1. The Hall–Kier alpha value is -3.07. The Kier molecular flexibility index (Phi) is 27.9. The van der Waals surface area contributed by atoms with Crippen LogP contribution in [0.5, 0.6) is 5.75 Å². The summed E-state index contributed by atoms with van der Waals surface area (Å²) >= 11 is 4.54. The number of hydrogen-bond acceptors (Lipinski definition) is 25. The molecular formula is C49H73N9O13S7. The highest BCUT2D eigenvalue weighted by Gasteiger charge is 2.43. The van der Waals surface area contributed by atoms with E-state index in [1.54, 1.807) is 26.0 Å². The van der Waals surface area contributed by atoms with Gasteiger partial charge in [0, 0.05) is 65.5 Å². The van der Waals surface area contributed by atoms with Gasteiger partial charge in [-0.05, 0) is 64.2 Å². The maximum absolute atomic E-state index is 15.3. The van der Waals surface area contributed by atoms with Crippen molar-refractivity contribution in [2.24, 2.45) is 11.7 Å². The predicted octanol–water partition coefficient (Wildman–Crippen LogP) is -0.0346. The summed E-state index contributed by atoms with van der Waals surface area (Å²) in [5, 5.41) is 43.0. The molecule has 0 aromatic heterocycles. The van der Waals surface area contributed by atoms with Crippen LogP contribution in [0.2, 0.25) is 0 Å². The van der Waals surface area contributed by atoms with E-state index in [0.29, 0.717) is 12.0 Å². The number of aromatic hydroxyl groups is 1. The van der Waals surface area contributed by atoms with Crippen LogP contribution in [0.4, 0.5) is 0 Å². The number of ketones is 5.